The van der Waals surface area contributed by atoms with Gasteiger partial charge in [-0.3, -0.25) is 4.79 Å². The molecular weight excluding hydrogens is 310 g/mol. The van der Waals surface area contributed by atoms with Crippen molar-refractivity contribution in [2.45, 2.75) is 18.3 Å². The highest BCUT2D eigenvalue weighted by Crippen LogP contribution is 2.11. The van der Waals surface area contributed by atoms with Crippen LogP contribution < -0.4 is 5.32 Å². The van der Waals surface area contributed by atoms with E-state index in [-0.39, 0.29) is 10.7 Å². The molecule has 14 heavy (non-hydrogen) atoms. The van der Waals surface area contributed by atoms with E-state index in [4.69, 9.17) is 0 Å². The standard InChI is InChI=1S/C10H11Br2NO/c1-7(11)10(14)13-6-8-3-2-4-9(12)5-8/h2-5,7H,6H2,1H3,(H,13,14). The number of carbonyl (C=O) groups is 1. The third kappa shape index (κ3) is 3.80. The molecule has 0 aliphatic heterocycles. The molecule has 0 heterocycles. The van der Waals surface area contributed by atoms with E-state index in [9.17, 15) is 4.79 Å². The van der Waals surface area contributed by atoms with E-state index in [0.717, 1.165) is 10.0 Å². The normalized spacial score (nSPS) is 12.2. The summed E-state index contributed by atoms with van der Waals surface area (Å²) in [5, 5.41) is 2.82. The van der Waals surface area contributed by atoms with Crippen molar-refractivity contribution in [1.29, 1.82) is 0 Å². The molecule has 0 aliphatic rings. The van der Waals surface area contributed by atoms with Crippen molar-refractivity contribution in [3.63, 3.8) is 0 Å². The number of hydrogen-bond donors (Lipinski definition) is 1. The fourth-order valence-electron chi connectivity index (χ4n) is 0.977. The molecule has 0 spiro atoms. The molecule has 1 rings (SSSR count). The van der Waals surface area contributed by atoms with E-state index >= 15 is 0 Å². The Labute approximate surface area is 100 Å². The zero-order valence-corrected chi connectivity index (χ0v) is 10.9. The summed E-state index contributed by atoms with van der Waals surface area (Å²) in [5.41, 5.74) is 1.08. The summed E-state index contributed by atoms with van der Waals surface area (Å²) in [5.74, 6) is 0.00461. The van der Waals surface area contributed by atoms with E-state index in [1.54, 1.807) is 6.92 Å². The fourth-order valence-corrected chi connectivity index (χ4v) is 1.59. The third-order valence-electron chi connectivity index (χ3n) is 1.72. The van der Waals surface area contributed by atoms with Crippen LogP contribution in [0.15, 0.2) is 28.7 Å². The number of rotatable bonds is 3. The van der Waals surface area contributed by atoms with Crippen LogP contribution in [0.1, 0.15) is 12.5 Å². The lowest BCUT2D eigenvalue weighted by atomic mass is 10.2. The zero-order valence-electron chi connectivity index (χ0n) is 7.76. The van der Waals surface area contributed by atoms with Crippen molar-refractivity contribution in [1.82, 2.24) is 5.32 Å². The Morgan fingerprint density at radius 1 is 1.57 bits per heavy atom. The first-order chi connectivity index (χ1) is 6.59. The molecule has 1 aromatic carbocycles. The van der Waals surface area contributed by atoms with E-state index in [1.165, 1.54) is 0 Å². The largest absolute Gasteiger partial charge is 0.351 e. The van der Waals surface area contributed by atoms with Crippen molar-refractivity contribution in [2.24, 2.45) is 0 Å². The number of alkyl halides is 1. The summed E-state index contributed by atoms with van der Waals surface area (Å²) >= 11 is 6.58. The Bertz CT molecular complexity index is 326. The SMILES string of the molecule is CC(Br)C(=O)NCc1cccc(Br)c1. The summed E-state index contributed by atoms with van der Waals surface area (Å²) < 4.78 is 1.02. The van der Waals surface area contributed by atoms with Crippen LogP contribution in [0, 0.1) is 0 Å². The lowest BCUT2D eigenvalue weighted by molar-refractivity contribution is -0.120. The third-order valence-corrected chi connectivity index (χ3v) is 2.63. The molecule has 1 aromatic rings. The second-order valence-electron chi connectivity index (χ2n) is 2.96. The quantitative estimate of drug-likeness (QED) is 0.853. The van der Waals surface area contributed by atoms with Gasteiger partial charge in [-0.05, 0) is 24.6 Å². The average Bonchev–Trinajstić information content (AvgIpc) is 2.14. The fraction of sp³-hybridized carbons (Fsp3) is 0.300. The molecule has 0 aliphatic carbocycles. The Hall–Kier alpha value is -0.350. The zero-order chi connectivity index (χ0) is 10.6. The van der Waals surface area contributed by atoms with E-state index in [1.807, 2.05) is 24.3 Å². The summed E-state index contributed by atoms with van der Waals surface area (Å²) in [7, 11) is 0. The van der Waals surface area contributed by atoms with Gasteiger partial charge in [-0.15, -0.1) is 0 Å². The molecule has 0 bridgehead atoms. The maximum Gasteiger partial charge on any atom is 0.233 e. The van der Waals surface area contributed by atoms with Gasteiger partial charge in [-0.1, -0.05) is 44.0 Å². The van der Waals surface area contributed by atoms with Crippen LogP contribution in [0.2, 0.25) is 0 Å². The van der Waals surface area contributed by atoms with Gasteiger partial charge in [-0.2, -0.15) is 0 Å². The number of hydrogen-bond acceptors (Lipinski definition) is 1. The van der Waals surface area contributed by atoms with Crippen molar-refractivity contribution in [2.75, 3.05) is 0 Å². The van der Waals surface area contributed by atoms with Gasteiger partial charge < -0.3 is 5.32 Å². The van der Waals surface area contributed by atoms with Crippen LogP contribution >= 0.6 is 31.9 Å². The van der Waals surface area contributed by atoms with Crippen molar-refractivity contribution in [3.05, 3.63) is 34.3 Å². The van der Waals surface area contributed by atoms with Crippen molar-refractivity contribution < 1.29 is 4.79 Å². The molecule has 0 aromatic heterocycles. The van der Waals surface area contributed by atoms with E-state index in [0.29, 0.717) is 6.54 Å². The van der Waals surface area contributed by atoms with Gasteiger partial charge >= 0.3 is 0 Å². The van der Waals surface area contributed by atoms with Gasteiger partial charge in [0.1, 0.15) is 0 Å². The molecule has 1 amide bonds. The van der Waals surface area contributed by atoms with Crippen LogP contribution in [0.25, 0.3) is 0 Å². The first kappa shape index (κ1) is 11.7. The Morgan fingerprint density at radius 2 is 2.29 bits per heavy atom. The molecule has 0 radical (unpaired) electrons. The minimum atomic E-state index is -0.144. The van der Waals surface area contributed by atoms with Gasteiger partial charge in [0.2, 0.25) is 5.91 Å². The van der Waals surface area contributed by atoms with Gasteiger partial charge in [0.05, 0.1) is 4.83 Å². The molecule has 1 N–H and O–H groups in total. The Balaban J connectivity index is 2.50. The minimum Gasteiger partial charge on any atom is -0.351 e. The Morgan fingerprint density at radius 3 is 2.86 bits per heavy atom. The highest BCUT2D eigenvalue weighted by Gasteiger charge is 2.07. The van der Waals surface area contributed by atoms with Crippen LogP contribution in [0.5, 0.6) is 0 Å². The molecule has 1 unspecified atom stereocenters. The monoisotopic (exact) mass is 319 g/mol. The van der Waals surface area contributed by atoms with Crippen LogP contribution in [-0.4, -0.2) is 10.7 Å². The van der Waals surface area contributed by atoms with Crippen molar-refractivity contribution in [3.8, 4) is 0 Å². The van der Waals surface area contributed by atoms with Crippen LogP contribution in [0.4, 0.5) is 0 Å². The summed E-state index contributed by atoms with van der Waals surface area (Å²) in [4.78, 5) is 11.1. The summed E-state index contributed by atoms with van der Waals surface area (Å²) in [6.07, 6.45) is 0. The smallest absolute Gasteiger partial charge is 0.233 e. The highest BCUT2D eigenvalue weighted by molar-refractivity contribution is 9.10. The molecule has 0 fully saturated rings. The second-order valence-corrected chi connectivity index (χ2v) is 5.25. The molecule has 2 nitrogen and oxygen atoms in total. The number of amides is 1. The maximum atomic E-state index is 11.2. The van der Waals surface area contributed by atoms with Gasteiger partial charge in [0.15, 0.2) is 0 Å². The lowest BCUT2D eigenvalue weighted by Crippen LogP contribution is -2.28. The predicted octanol–water partition coefficient (Wildman–Crippen LogP) is 2.85. The Kier molecular flexibility index (Phi) is 4.62. The number of carbonyl (C=O) groups excluding carboxylic acids is 1. The van der Waals surface area contributed by atoms with Crippen molar-refractivity contribution >= 4 is 37.8 Å². The van der Waals surface area contributed by atoms with E-state index in [2.05, 4.69) is 37.2 Å². The lowest BCUT2D eigenvalue weighted by Gasteiger charge is -2.06. The number of benzene rings is 1. The van der Waals surface area contributed by atoms with Gasteiger partial charge in [0, 0.05) is 11.0 Å². The summed E-state index contributed by atoms with van der Waals surface area (Å²) in [6.45, 7) is 2.37. The summed E-state index contributed by atoms with van der Waals surface area (Å²) in [6, 6.07) is 7.87. The minimum absolute atomic E-state index is 0.00461. The predicted molar refractivity (Wildman–Crippen MR) is 64.4 cm³/mol. The van der Waals surface area contributed by atoms with E-state index < -0.39 is 0 Å². The highest BCUT2D eigenvalue weighted by atomic mass is 79.9. The molecule has 1 atom stereocenters. The first-order valence-corrected chi connectivity index (χ1v) is 5.96. The molecule has 0 saturated carbocycles. The average molecular weight is 321 g/mol. The number of halogens is 2. The van der Waals surface area contributed by atoms with Crippen LogP contribution in [-0.2, 0) is 11.3 Å². The van der Waals surface area contributed by atoms with Crippen LogP contribution in [0.3, 0.4) is 0 Å². The number of nitrogens with one attached hydrogen (secondary N) is 1. The maximum absolute atomic E-state index is 11.2. The first-order valence-electron chi connectivity index (χ1n) is 4.26. The molecule has 76 valence electrons. The second kappa shape index (κ2) is 5.51. The molecule has 4 heteroatoms. The topological polar surface area (TPSA) is 29.1 Å². The van der Waals surface area contributed by atoms with Gasteiger partial charge in [0.25, 0.3) is 0 Å². The molecule has 0 saturated heterocycles. The van der Waals surface area contributed by atoms with Gasteiger partial charge in [-0.25, -0.2) is 0 Å². The molecular formula is C10H11Br2NO.